The summed E-state index contributed by atoms with van der Waals surface area (Å²) in [5.74, 6) is 2.13. The molecular formula is C62H70N2O6. The van der Waals surface area contributed by atoms with Gasteiger partial charge < -0.3 is 29.6 Å². The first-order valence-corrected chi connectivity index (χ1v) is 26.9. The molecule has 4 aromatic carbocycles. The van der Waals surface area contributed by atoms with Crippen molar-refractivity contribution in [3.05, 3.63) is 143 Å². The predicted molar refractivity (Wildman–Crippen MR) is 275 cm³/mol. The molecule has 14 rings (SSSR count). The summed E-state index contributed by atoms with van der Waals surface area (Å²) in [5.41, 5.74) is 8.21. The maximum Gasteiger partial charge on any atom is 0.407 e. The van der Waals surface area contributed by atoms with E-state index in [1.165, 1.54) is 80.6 Å². The van der Waals surface area contributed by atoms with Crippen molar-refractivity contribution in [3.8, 4) is 0 Å². The molecule has 4 aliphatic heterocycles. The van der Waals surface area contributed by atoms with Crippen LogP contribution in [-0.2, 0) is 18.9 Å². The largest absolute Gasteiger partial charge is 0.446 e. The van der Waals surface area contributed by atoms with Crippen LogP contribution in [0.15, 0.2) is 132 Å². The van der Waals surface area contributed by atoms with Crippen molar-refractivity contribution in [2.24, 2.45) is 22.7 Å². The fourth-order valence-corrected chi connectivity index (χ4v) is 17.3. The molecule has 4 aromatic rings. The van der Waals surface area contributed by atoms with Gasteiger partial charge >= 0.3 is 12.2 Å². The average molecular weight is 939 g/mol. The van der Waals surface area contributed by atoms with E-state index in [2.05, 4.69) is 134 Å². The van der Waals surface area contributed by atoms with Crippen molar-refractivity contribution >= 4 is 33.7 Å². The zero-order valence-electron chi connectivity index (χ0n) is 41.6. The average Bonchev–Trinajstić information content (AvgIpc) is 4.11. The van der Waals surface area contributed by atoms with Gasteiger partial charge in [-0.1, -0.05) is 123 Å². The number of hydrogen-bond donors (Lipinski definition) is 2. The lowest BCUT2D eigenvalue weighted by molar-refractivity contribution is -0.145. The molecule has 2 saturated heterocycles. The van der Waals surface area contributed by atoms with E-state index >= 15 is 0 Å². The molecule has 8 nitrogen and oxygen atoms in total. The molecule has 364 valence electrons. The van der Waals surface area contributed by atoms with Gasteiger partial charge in [-0.25, -0.2) is 9.59 Å². The Morgan fingerprint density at radius 3 is 1.40 bits per heavy atom. The number of ether oxygens (including phenoxy) is 4. The highest BCUT2D eigenvalue weighted by Crippen LogP contribution is 2.71. The van der Waals surface area contributed by atoms with Crippen LogP contribution >= 0.6 is 0 Å². The molecule has 4 spiro atoms. The number of allylic oxidation sites excluding steroid dienone is 2. The fraction of sp³-hybridized carbons (Fsp3) is 0.516. The normalized spacial score (nSPS) is 39.2. The highest BCUT2D eigenvalue weighted by atomic mass is 16.6. The minimum atomic E-state index is -0.331. The van der Waals surface area contributed by atoms with Gasteiger partial charge in [0.05, 0.1) is 22.4 Å². The second-order valence-corrected chi connectivity index (χ2v) is 23.7. The summed E-state index contributed by atoms with van der Waals surface area (Å²) in [7, 11) is 3.25. The lowest BCUT2D eigenvalue weighted by Gasteiger charge is -2.54. The Morgan fingerprint density at radius 1 is 0.543 bits per heavy atom. The van der Waals surface area contributed by atoms with Crippen LogP contribution in [0.3, 0.4) is 0 Å². The third-order valence-corrected chi connectivity index (χ3v) is 20.6. The van der Waals surface area contributed by atoms with E-state index in [0.717, 1.165) is 77.0 Å². The van der Waals surface area contributed by atoms with E-state index in [0.29, 0.717) is 23.7 Å². The molecule has 10 aliphatic rings. The van der Waals surface area contributed by atoms with Crippen LogP contribution in [-0.4, -0.2) is 60.9 Å². The van der Waals surface area contributed by atoms with Crippen molar-refractivity contribution in [3.63, 3.8) is 0 Å². The van der Waals surface area contributed by atoms with Gasteiger partial charge in [0.25, 0.3) is 0 Å². The molecule has 0 aromatic heterocycles. The minimum absolute atomic E-state index is 0.0725. The standard InChI is InChI=1S/2C31H35NO3/c2*1-29-14-13-24-18-23-9-10-25(34-28(33)32-2)19-30(23)15-16-31(24,35-30)27(29)12-11-26(29)22-8-7-20-5-3-4-6-21(20)17-22/h2*3-8,13,17-18,25-27H,9-12,14-16,19H2,1-2H3,(H,32,33)/t25-,26+,27+,29+,30+,31?;25-,26-,27-,29-,30-,31?/m01/s1. The lowest BCUT2D eigenvalue weighted by atomic mass is 9.58. The predicted octanol–water partition coefficient (Wildman–Crippen LogP) is 13.6. The zero-order chi connectivity index (χ0) is 47.7. The summed E-state index contributed by atoms with van der Waals surface area (Å²) in [6, 6.07) is 31.6. The Balaban J connectivity index is 0.000000137. The third kappa shape index (κ3) is 6.59. The van der Waals surface area contributed by atoms with E-state index in [1.54, 1.807) is 14.1 Å². The molecule has 6 fully saturated rings. The second kappa shape index (κ2) is 16.2. The quantitative estimate of drug-likeness (QED) is 0.212. The maximum atomic E-state index is 11.9. The maximum absolute atomic E-state index is 11.9. The van der Waals surface area contributed by atoms with E-state index in [4.69, 9.17) is 18.9 Å². The van der Waals surface area contributed by atoms with Crippen LogP contribution in [0.5, 0.6) is 0 Å². The molecule has 2 N–H and O–H groups in total. The summed E-state index contributed by atoms with van der Waals surface area (Å²) in [6.07, 6.45) is 25.8. The van der Waals surface area contributed by atoms with E-state index in [9.17, 15) is 9.59 Å². The van der Waals surface area contributed by atoms with E-state index in [1.807, 2.05) is 0 Å². The highest BCUT2D eigenvalue weighted by Gasteiger charge is 2.68. The van der Waals surface area contributed by atoms with Crippen LogP contribution in [0.4, 0.5) is 9.59 Å². The summed E-state index contributed by atoms with van der Waals surface area (Å²) in [4.78, 5) is 23.8. The summed E-state index contributed by atoms with van der Waals surface area (Å²) < 4.78 is 26.0. The molecule has 2 unspecified atom stereocenters. The van der Waals surface area contributed by atoms with E-state index in [-0.39, 0.29) is 57.6 Å². The van der Waals surface area contributed by atoms with Crippen molar-refractivity contribution in [2.45, 2.75) is 163 Å². The molecule has 8 heteroatoms. The second-order valence-electron chi connectivity index (χ2n) is 23.7. The Kier molecular flexibility index (Phi) is 10.3. The number of benzene rings is 4. The van der Waals surface area contributed by atoms with Gasteiger partial charge in [0.15, 0.2) is 0 Å². The summed E-state index contributed by atoms with van der Waals surface area (Å²) in [5, 5.41) is 10.5. The molecule has 4 heterocycles. The third-order valence-electron chi connectivity index (χ3n) is 20.6. The van der Waals surface area contributed by atoms with Crippen molar-refractivity contribution in [2.75, 3.05) is 14.1 Å². The Labute approximate surface area is 413 Å². The minimum Gasteiger partial charge on any atom is -0.446 e. The number of fused-ring (bicyclic) bond motifs is 4. The van der Waals surface area contributed by atoms with Gasteiger partial charge in [-0.3, -0.25) is 0 Å². The number of carbonyl (C=O) groups is 2. The number of nitrogens with one attached hydrogen (secondary N) is 2. The number of amides is 2. The van der Waals surface area contributed by atoms with Crippen LogP contribution in [0.25, 0.3) is 21.5 Å². The lowest BCUT2D eigenvalue weighted by Crippen LogP contribution is -2.54. The number of alkyl carbamates (subject to hydrolysis) is 2. The molecule has 12 atom stereocenters. The smallest absolute Gasteiger partial charge is 0.407 e. The van der Waals surface area contributed by atoms with Crippen molar-refractivity contribution in [1.29, 1.82) is 0 Å². The topological polar surface area (TPSA) is 95.1 Å². The highest BCUT2D eigenvalue weighted by molar-refractivity contribution is 5.84. The zero-order valence-corrected chi connectivity index (χ0v) is 41.6. The van der Waals surface area contributed by atoms with Crippen LogP contribution in [0.1, 0.15) is 140 Å². The Bertz CT molecular complexity index is 2760. The SMILES string of the molecule is CNC(=O)O[C@@H]1CCC2=CC3=CC[C@]4(C)[C@@H](c5ccc6ccccc6c5)CC[C@H]4C34CC[C@]2(C1)O4.CNC(=O)O[C@H]1CCC2=CC3=CC[C@]4(C)[C@@H](c5ccc6ccccc6c5)CC[C@H]4C34CC[C@]2(C1)O4. The first-order valence-electron chi connectivity index (χ1n) is 26.9. The molecular weight excluding hydrogens is 869 g/mol. The molecule has 0 radical (unpaired) electrons. The van der Waals surface area contributed by atoms with Crippen LogP contribution in [0.2, 0.25) is 0 Å². The molecule has 2 amide bonds. The summed E-state index contributed by atoms with van der Waals surface area (Å²) in [6.45, 7) is 5.05. The van der Waals surface area contributed by atoms with Gasteiger partial charge in [0.1, 0.15) is 12.2 Å². The van der Waals surface area contributed by atoms with E-state index < -0.39 is 0 Å². The Morgan fingerprint density at radius 2 is 0.971 bits per heavy atom. The summed E-state index contributed by atoms with van der Waals surface area (Å²) >= 11 is 0. The fourth-order valence-electron chi connectivity index (χ4n) is 17.3. The van der Waals surface area contributed by atoms with Gasteiger partial charge in [-0.15, -0.1) is 0 Å². The van der Waals surface area contributed by atoms with Crippen LogP contribution in [0, 0.1) is 22.7 Å². The number of carbonyl (C=O) groups excluding carboxylic acids is 2. The Hall–Kier alpha value is -5.18. The molecule has 6 aliphatic carbocycles. The monoisotopic (exact) mass is 939 g/mol. The van der Waals surface area contributed by atoms with Crippen LogP contribution < -0.4 is 10.6 Å². The molecule has 70 heavy (non-hydrogen) atoms. The van der Waals surface area contributed by atoms with Gasteiger partial charge in [0.2, 0.25) is 0 Å². The van der Waals surface area contributed by atoms with Gasteiger partial charge in [-0.2, -0.15) is 0 Å². The van der Waals surface area contributed by atoms with Gasteiger partial charge in [-0.05, 0) is 179 Å². The number of rotatable bonds is 4. The first-order chi connectivity index (χ1) is 33.9. The number of hydrogen-bond acceptors (Lipinski definition) is 6. The van der Waals surface area contributed by atoms with Crippen molar-refractivity contribution < 1.29 is 28.5 Å². The molecule has 4 saturated carbocycles. The van der Waals surface area contributed by atoms with Gasteiger partial charge in [0, 0.05) is 26.9 Å². The first kappa shape index (κ1) is 44.7. The molecule has 4 bridgehead atoms. The van der Waals surface area contributed by atoms with Crippen molar-refractivity contribution in [1.82, 2.24) is 10.6 Å².